The fourth-order valence-electron chi connectivity index (χ4n) is 4.34. The van der Waals surface area contributed by atoms with Crippen LogP contribution in [0.5, 0.6) is 17.2 Å². The van der Waals surface area contributed by atoms with Crippen LogP contribution in [0.4, 0.5) is 22.5 Å². The lowest BCUT2D eigenvalue weighted by atomic mass is 10.1. The first-order valence-electron chi connectivity index (χ1n) is 11.3. The number of nitrogens with zero attached hydrogens (tertiary/aromatic N) is 5. The lowest BCUT2D eigenvalue weighted by Crippen LogP contribution is -2.46. The molecule has 0 bridgehead atoms. The number of nitrogen functional groups attached to an aromatic ring is 1. The maximum Gasteiger partial charge on any atom is 0.231 e. The lowest BCUT2D eigenvalue weighted by molar-refractivity contribution is 0.174. The molecule has 0 amide bonds. The Kier molecular flexibility index (Phi) is 5.63. The molecule has 4 heterocycles. The van der Waals surface area contributed by atoms with Gasteiger partial charge in [0.1, 0.15) is 17.8 Å². The van der Waals surface area contributed by atoms with Gasteiger partial charge >= 0.3 is 0 Å². The predicted molar refractivity (Wildman–Crippen MR) is 136 cm³/mol. The van der Waals surface area contributed by atoms with Crippen molar-refractivity contribution >= 4 is 44.0 Å². The second-order valence-corrected chi connectivity index (χ2v) is 9.42. The standard InChI is InChI=1S/C24H25N7O3S/c1-32-16-3-4-17-20(11-16)35-24(28-17)29-22-21(25)23(27-13-26-22)31-8-6-30(7-9-31)12-15-2-5-18-19(10-15)34-14-33-18/h2-5,10-11,13H,6-9,12,14,25H2,1H3,(H,26,27,28,29). The highest BCUT2D eigenvalue weighted by molar-refractivity contribution is 7.22. The van der Waals surface area contributed by atoms with Gasteiger partial charge in [0, 0.05) is 32.7 Å². The van der Waals surface area contributed by atoms with Crippen molar-refractivity contribution in [2.75, 3.05) is 56.0 Å². The van der Waals surface area contributed by atoms with E-state index >= 15 is 0 Å². The second-order valence-electron chi connectivity index (χ2n) is 8.39. The molecule has 0 atom stereocenters. The average Bonchev–Trinajstić information content (AvgIpc) is 3.51. The largest absolute Gasteiger partial charge is 0.497 e. The first-order chi connectivity index (χ1) is 17.2. The Morgan fingerprint density at radius 3 is 2.77 bits per heavy atom. The number of rotatable bonds is 6. The monoisotopic (exact) mass is 491 g/mol. The van der Waals surface area contributed by atoms with Gasteiger partial charge in [-0.15, -0.1) is 0 Å². The number of nitrogens with two attached hydrogens (primary N) is 1. The van der Waals surface area contributed by atoms with Crippen LogP contribution in [0.1, 0.15) is 5.56 Å². The van der Waals surface area contributed by atoms with E-state index in [-0.39, 0.29) is 0 Å². The smallest absolute Gasteiger partial charge is 0.231 e. The molecule has 10 nitrogen and oxygen atoms in total. The predicted octanol–water partition coefficient (Wildman–Crippen LogP) is 3.47. The Morgan fingerprint density at radius 1 is 1.06 bits per heavy atom. The van der Waals surface area contributed by atoms with Crippen LogP contribution in [-0.4, -0.2) is 59.9 Å². The Hall–Kier alpha value is -3.83. The van der Waals surface area contributed by atoms with Gasteiger partial charge in [0.05, 0.1) is 17.3 Å². The van der Waals surface area contributed by atoms with Crippen molar-refractivity contribution in [3.63, 3.8) is 0 Å². The van der Waals surface area contributed by atoms with E-state index in [0.29, 0.717) is 18.3 Å². The molecule has 35 heavy (non-hydrogen) atoms. The van der Waals surface area contributed by atoms with Crippen LogP contribution in [-0.2, 0) is 6.54 Å². The highest BCUT2D eigenvalue weighted by Gasteiger charge is 2.22. The zero-order valence-corrected chi connectivity index (χ0v) is 20.0. The topological polar surface area (TPSA) is 111 Å². The molecule has 1 fully saturated rings. The zero-order valence-electron chi connectivity index (χ0n) is 19.2. The molecular formula is C24H25N7O3S. The van der Waals surface area contributed by atoms with E-state index in [4.69, 9.17) is 19.9 Å². The summed E-state index contributed by atoms with van der Waals surface area (Å²) in [5, 5.41) is 3.99. The average molecular weight is 492 g/mol. The number of thiazole rings is 1. The minimum atomic E-state index is 0.294. The van der Waals surface area contributed by atoms with Crippen molar-refractivity contribution in [2.45, 2.75) is 6.54 Å². The maximum atomic E-state index is 6.50. The summed E-state index contributed by atoms with van der Waals surface area (Å²) >= 11 is 1.53. The summed E-state index contributed by atoms with van der Waals surface area (Å²) < 4.78 is 17.2. The molecule has 11 heteroatoms. The molecular weight excluding hydrogens is 466 g/mol. The van der Waals surface area contributed by atoms with Crippen LogP contribution in [0.3, 0.4) is 0 Å². The minimum Gasteiger partial charge on any atom is -0.497 e. The van der Waals surface area contributed by atoms with Crippen LogP contribution in [0.15, 0.2) is 42.7 Å². The van der Waals surface area contributed by atoms with E-state index in [2.05, 4.69) is 42.2 Å². The third-order valence-corrected chi connectivity index (χ3v) is 7.13. The Labute approximate surface area is 206 Å². The van der Waals surface area contributed by atoms with Crippen molar-refractivity contribution in [3.8, 4) is 17.2 Å². The number of fused-ring (bicyclic) bond motifs is 2. The molecule has 6 rings (SSSR count). The molecule has 3 N–H and O–H groups in total. The van der Waals surface area contributed by atoms with Gasteiger partial charge < -0.3 is 30.2 Å². The SMILES string of the molecule is COc1ccc2nc(Nc3ncnc(N4CCN(Cc5ccc6c(c5)OCO6)CC4)c3N)sc2c1. The fourth-order valence-corrected chi connectivity index (χ4v) is 5.23. The molecule has 0 radical (unpaired) electrons. The summed E-state index contributed by atoms with van der Waals surface area (Å²) in [6.45, 7) is 4.61. The minimum absolute atomic E-state index is 0.294. The summed E-state index contributed by atoms with van der Waals surface area (Å²) in [6.07, 6.45) is 1.55. The van der Waals surface area contributed by atoms with Crippen LogP contribution in [0.25, 0.3) is 10.2 Å². The molecule has 2 aromatic carbocycles. The molecule has 2 aromatic heterocycles. The number of nitrogens with one attached hydrogen (secondary N) is 1. The number of ether oxygens (including phenoxy) is 3. The number of benzene rings is 2. The van der Waals surface area contributed by atoms with Crippen LogP contribution >= 0.6 is 11.3 Å². The van der Waals surface area contributed by atoms with Crippen molar-refractivity contribution in [3.05, 3.63) is 48.3 Å². The Morgan fingerprint density at radius 2 is 1.91 bits per heavy atom. The van der Waals surface area contributed by atoms with E-state index < -0.39 is 0 Å². The van der Waals surface area contributed by atoms with Gasteiger partial charge in [-0.05, 0) is 35.9 Å². The molecule has 1 saturated heterocycles. The number of piperazine rings is 1. The number of hydrogen-bond acceptors (Lipinski definition) is 11. The Balaban J connectivity index is 1.12. The number of hydrogen-bond donors (Lipinski definition) is 2. The molecule has 180 valence electrons. The van der Waals surface area contributed by atoms with Crippen molar-refractivity contribution < 1.29 is 14.2 Å². The highest BCUT2D eigenvalue weighted by Crippen LogP contribution is 2.35. The molecule has 2 aliphatic rings. The summed E-state index contributed by atoms with van der Waals surface area (Å²) in [7, 11) is 1.65. The highest BCUT2D eigenvalue weighted by atomic mass is 32.1. The quantitative estimate of drug-likeness (QED) is 0.416. The van der Waals surface area contributed by atoms with Crippen LogP contribution < -0.4 is 30.2 Å². The summed E-state index contributed by atoms with van der Waals surface area (Å²) in [4.78, 5) is 18.1. The molecule has 0 aliphatic carbocycles. The number of methoxy groups -OCH3 is 1. The second kappa shape index (κ2) is 9.08. The van der Waals surface area contributed by atoms with Crippen LogP contribution in [0.2, 0.25) is 0 Å². The van der Waals surface area contributed by atoms with Gasteiger partial charge in [0.15, 0.2) is 28.3 Å². The molecule has 0 spiro atoms. The van der Waals surface area contributed by atoms with E-state index in [1.54, 1.807) is 13.4 Å². The van der Waals surface area contributed by atoms with Gasteiger partial charge in [-0.3, -0.25) is 4.90 Å². The Bertz CT molecular complexity index is 1370. The third-order valence-electron chi connectivity index (χ3n) is 6.20. The van der Waals surface area contributed by atoms with Crippen molar-refractivity contribution in [1.29, 1.82) is 0 Å². The molecule has 4 aromatic rings. The summed E-state index contributed by atoms with van der Waals surface area (Å²) in [5.41, 5.74) is 9.13. The van der Waals surface area contributed by atoms with E-state index in [0.717, 1.165) is 71.1 Å². The van der Waals surface area contributed by atoms with Crippen LogP contribution in [0, 0.1) is 0 Å². The molecule has 0 unspecified atom stereocenters. The first-order valence-corrected chi connectivity index (χ1v) is 12.2. The normalized spacial score (nSPS) is 15.5. The summed E-state index contributed by atoms with van der Waals surface area (Å²) in [6, 6.07) is 11.9. The van der Waals surface area contributed by atoms with Crippen molar-refractivity contribution in [1.82, 2.24) is 19.9 Å². The van der Waals surface area contributed by atoms with Gasteiger partial charge in [-0.25, -0.2) is 15.0 Å². The van der Waals surface area contributed by atoms with E-state index in [1.165, 1.54) is 16.9 Å². The van der Waals surface area contributed by atoms with Gasteiger partial charge in [-0.2, -0.15) is 0 Å². The number of aromatic nitrogens is 3. The van der Waals surface area contributed by atoms with Crippen molar-refractivity contribution in [2.24, 2.45) is 0 Å². The molecule has 0 saturated carbocycles. The first kappa shape index (κ1) is 21.7. The van der Waals surface area contributed by atoms with Gasteiger partial charge in [0.2, 0.25) is 6.79 Å². The summed E-state index contributed by atoms with van der Waals surface area (Å²) in [5.74, 6) is 3.74. The van der Waals surface area contributed by atoms with E-state index in [9.17, 15) is 0 Å². The number of anilines is 4. The fraction of sp³-hybridized carbons (Fsp3) is 0.292. The third kappa shape index (κ3) is 4.35. The lowest BCUT2D eigenvalue weighted by Gasteiger charge is -2.36. The molecule has 2 aliphatic heterocycles. The maximum absolute atomic E-state index is 6.50. The van der Waals surface area contributed by atoms with Gasteiger partial charge in [-0.1, -0.05) is 17.4 Å². The van der Waals surface area contributed by atoms with E-state index in [1.807, 2.05) is 24.3 Å². The van der Waals surface area contributed by atoms with Gasteiger partial charge in [0.25, 0.3) is 0 Å². The zero-order chi connectivity index (χ0) is 23.8.